The third kappa shape index (κ3) is 5.89. The second-order valence-corrected chi connectivity index (χ2v) is 7.35. The van der Waals surface area contributed by atoms with Crippen molar-refractivity contribution in [3.63, 3.8) is 0 Å². The van der Waals surface area contributed by atoms with E-state index < -0.39 is 0 Å². The smallest absolute Gasteiger partial charge is 0.251 e. The molecule has 1 fully saturated rings. The number of carbonyl (C=O) groups excluding carboxylic acids is 2. The molecule has 160 valence electrons. The van der Waals surface area contributed by atoms with Crippen molar-refractivity contribution in [1.29, 1.82) is 0 Å². The Labute approximate surface area is 177 Å². The highest BCUT2D eigenvalue weighted by Gasteiger charge is 2.16. The molecule has 7 heteroatoms. The van der Waals surface area contributed by atoms with E-state index in [4.69, 9.17) is 9.47 Å². The number of rotatable bonds is 8. The Bertz CT molecular complexity index is 861. The number of carbonyl (C=O) groups is 2. The van der Waals surface area contributed by atoms with Gasteiger partial charge in [-0.05, 0) is 49.2 Å². The lowest BCUT2D eigenvalue weighted by molar-refractivity contribution is -0.114. The van der Waals surface area contributed by atoms with Crippen LogP contribution in [0.1, 0.15) is 42.5 Å². The lowest BCUT2D eigenvalue weighted by Gasteiger charge is -2.22. The lowest BCUT2D eigenvalue weighted by Crippen LogP contribution is -2.36. The number of amides is 2. The molecule has 30 heavy (non-hydrogen) atoms. The summed E-state index contributed by atoms with van der Waals surface area (Å²) in [5, 5.41) is 8.97. The molecule has 0 unspecified atom stereocenters. The molecule has 0 bridgehead atoms. The maximum atomic E-state index is 12.4. The normalized spacial score (nSPS) is 13.9. The molecule has 0 heterocycles. The van der Waals surface area contributed by atoms with Crippen LogP contribution >= 0.6 is 0 Å². The fourth-order valence-corrected chi connectivity index (χ4v) is 3.55. The van der Waals surface area contributed by atoms with E-state index in [0.29, 0.717) is 28.4 Å². The summed E-state index contributed by atoms with van der Waals surface area (Å²) >= 11 is 0. The van der Waals surface area contributed by atoms with Crippen LogP contribution in [0.5, 0.6) is 11.5 Å². The maximum Gasteiger partial charge on any atom is 0.251 e. The summed E-state index contributed by atoms with van der Waals surface area (Å²) in [5.74, 6) is 1.02. The average molecular weight is 412 g/mol. The largest absolute Gasteiger partial charge is 0.497 e. The Kier molecular flexibility index (Phi) is 7.54. The van der Waals surface area contributed by atoms with Crippen LogP contribution in [-0.2, 0) is 4.79 Å². The lowest BCUT2D eigenvalue weighted by atomic mass is 9.95. The number of hydrogen-bond acceptors (Lipinski definition) is 5. The topological polar surface area (TPSA) is 88.7 Å². The van der Waals surface area contributed by atoms with Gasteiger partial charge in [0.1, 0.15) is 11.5 Å². The van der Waals surface area contributed by atoms with E-state index in [1.165, 1.54) is 19.3 Å². The van der Waals surface area contributed by atoms with E-state index >= 15 is 0 Å². The zero-order valence-corrected chi connectivity index (χ0v) is 17.5. The van der Waals surface area contributed by atoms with Crippen molar-refractivity contribution in [1.82, 2.24) is 5.32 Å². The summed E-state index contributed by atoms with van der Waals surface area (Å²) in [7, 11) is 3.15. The van der Waals surface area contributed by atoms with Crippen molar-refractivity contribution >= 4 is 23.2 Å². The Morgan fingerprint density at radius 3 is 2.37 bits per heavy atom. The highest BCUT2D eigenvalue weighted by molar-refractivity contribution is 5.96. The number of methoxy groups -OCH3 is 2. The molecule has 1 aliphatic carbocycles. The minimum Gasteiger partial charge on any atom is -0.497 e. The summed E-state index contributed by atoms with van der Waals surface area (Å²) in [6.07, 6.45) is 5.69. The van der Waals surface area contributed by atoms with Gasteiger partial charge in [-0.15, -0.1) is 0 Å². The summed E-state index contributed by atoms with van der Waals surface area (Å²) in [5.41, 5.74) is 1.90. The minimum absolute atomic E-state index is 0.0629. The van der Waals surface area contributed by atoms with Crippen molar-refractivity contribution in [2.45, 2.75) is 38.1 Å². The number of anilines is 2. The van der Waals surface area contributed by atoms with Gasteiger partial charge >= 0.3 is 0 Å². The molecule has 3 N–H and O–H groups in total. The van der Waals surface area contributed by atoms with Gasteiger partial charge in [-0.1, -0.05) is 19.3 Å². The first-order valence-corrected chi connectivity index (χ1v) is 10.3. The van der Waals surface area contributed by atoms with Crippen molar-refractivity contribution in [3.05, 3.63) is 48.0 Å². The summed E-state index contributed by atoms with van der Waals surface area (Å²) < 4.78 is 10.5. The van der Waals surface area contributed by atoms with E-state index in [1.807, 2.05) is 0 Å². The molecule has 1 aliphatic rings. The molecule has 3 rings (SSSR count). The van der Waals surface area contributed by atoms with E-state index in [0.717, 1.165) is 12.8 Å². The fraction of sp³-hybridized carbons (Fsp3) is 0.391. The van der Waals surface area contributed by atoms with Gasteiger partial charge in [-0.3, -0.25) is 9.59 Å². The molecule has 0 atom stereocenters. The molecular formula is C23H29N3O4. The van der Waals surface area contributed by atoms with Gasteiger partial charge in [0.05, 0.1) is 26.5 Å². The number of nitrogens with one attached hydrogen (secondary N) is 3. The molecule has 0 saturated heterocycles. The molecule has 2 amide bonds. The SMILES string of the molecule is COc1ccc(OC)c(NCC(=O)Nc2ccc(C(=O)NC3CCCCC3)cc2)c1. The number of ether oxygens (including phenoxy) is 2. The molecule has 0 radical (unpaired) electrons. The predicted octanol–water partition coefficient (Wildman–Crippen LogP) is 3.82. The van der Waals surface area contributed by atoms with Gasteiger partial charge in [0.25, 0.3) is 5.91 Å². The van der Waals surface area contributed by atoms with Gasteiger partial charge in [-0.25, -0.2) is 0 Å². The van der Waals surface area contributed by atoms with Gasteiger partial charge in [0, 0.05) is 23.4 Å². The first kappa shape index (κ1) is 21.5. The van der Waals surface area contributed by atoms with Crippen LogP contribution < -0.4 is 25.4 Å². The first-order valence-electron chi connectivity index (χ1n) is 10.3. The van der Waals surface area contributed by atoms with E-state index in [9.17, 15) is 9.59 Å². The maximum absolute atomic E-state index is 12.4. The Morgan fingerprint density at radius 2 is 1.70 bits per heavy atom. The molecule has 2 aromatic carbocycles. The Hall–Kier alpha value is -3.22. The quantitative estimate of drug-likeness (QED) is 0.615. The molecule has 0 spiro atoms. The molecule has 0 aromatic heterocycles. The first-order chi connectivity index (χ1) is 14.6. The summed E-state index contributed by atoms with van der Waals surface area (Å²) in [4.78, 5) is 24.7. The van der Waals surface area contributed by atoms with Crippen LogP contribution in [0.15, 0.2) is 42.5 Å². The van der Waals surface area contributed by atoms with Crippen LogP contribution in [-0.4, -0.2) is 38.6 Å². The minimum atomic E-state index is -0.209. The van der Waals surface area contributed by atoms with Crippen molar-refractivity contribution in [2.24, 2.45) is 0 Å². The average Bonchev–Trinajstić information content (AvgIpc) is 2.78. The molecule has 1 saturated carbocycles. The van der Waals surface area contributed by atoms with E-state index in [1.54, 1.807) is 56.7 Å². The van der Waals surface area contributed by atoms with Crippen molar-refractivity contribution in [3.8, 4) is 11.5 Å². The standard InChI is InChI=1S/C23H29N3O4/c1-29-19-12-13-21(30-2)20(14-19)24-15-22(27)25-18-10-8-16(9-11-18)23(28)26-17-6-4-3-5-7-17/h8-14,17,24H,3-7,15H2,1-2H3,(H,25,27)(H,26,28). The van der Waals surface area contributed by atoms with E-state index in [2.05, 4.69) is 16.0 Å². The fourth-order valence-electron chi connectivity index (χ4n) is 3.55. The van der Waals surface area contributed by atoms with Gasteiger partial charge < -0.3 is 25.4 Å². The predicted molar refractivity (Wildman–Crippen MR) is 117 cm³/mol. The second kappa shape index (κ2) is 10.5. The van der Waals surface area contributed by atoms with E-state index in [-0.39, 0.29) is 24.4 Å². The van der Waals surface area contributed by atoms with Crippen LogP contribution in [0.25, 0.3) is 0 Å². The molecule has 7 nitrogen and oxygen atoms in total. The highest BCUT2D eigenvalue weighted by Crippen LogP contribution is 2.28. The molecular weight excluding hydrogens is 382 g/mol. The van der Waals surface area contributed by atoms with Crippen LogP contribution in [0, 0.1) is 0 Å². The third-order valence-corrected chi connectivity index (χ3v) is 5.22. The van der Waals surface area contributed by atoms with Crippen LogP contribution in [0.4, 0.5) is 11.4 Å². The van der Waals surface area contributed by atoms with Gasteiger partial charge in [-0.2, -0.15) is 0 Å². The Morgan fingerprint density at radius 1 is 0.967 bits per heavy atom. The van der Waals surface area contributed by atoms with Gasteiger partial charge in [0.15, 0.2) is 0 Å². The molecule has 2 aromatic rings. The van der Waals surface area contributed by atoms with Crippen molar-refractivity contribution in [2.75, 3.05) is 31.4 Å². The van der Waals surface area contributed by atoms with Crippen molar-refractivity contribution < 1.29 is 19.1 Å². The third-order valence-electron chi connectivity index (χ3n) is 5.22. The summed E-state index contributed by atoms with van der Waals surface area (Å²) in [6, 6.07) is 12.5. The zero-order chi connectivity index (χ0) is 21.3. The summed E-state index contributed by atoms with van der Waals surface area (Å²) in [6.45, 7) is 0.0629. The van der Waals surface area contributed by atoms with Crippen LogP contribution in [0.2, 0.25) is 0 Å². The highest BCUT2D eigenvalue weighted by atomic mass is 16.5. The van der Waals surface area contributed by atoms with Crippen LogP contribution in [0.3, 0.4) is 0 Å². The zero-order valence-electron chi connectivity index (χ0n) is 17.5. The monoisotopic (exact) mass is 411 g/mol. The molecule has 0 aliphatic heterocycles. The van der Waals surface area contributed by atoms with Gasteiger partial charge in [0.2, 0.25) is 5.91 Å². The second-order valence-electron chi connectivity index (χ2n) is 7.35. The number of benzene rings is 2. The number of hydrogen-bond donors (Lipinski definition) is 3. The Balaban J connectivity index is 1.51.